The van der Waals surface area contributed by atoms with Crippen LogP contribution in [-0.2, 0) is 6.54 Å². The Labute approximate surface area is 114 Å². The van der Waals surface area contributed by atoms with Crippen LogP contribution in [-0.4, -0.2) is 9.55 Å². The molecule has 3 aromatic rings. The highest BCUT2D eigenvalue weighted by atomic mass is 35.5. The molecule has 0 amide bonds. The van der Waals surface area contributed by atoms with Crippen molar-refractivity contribution in [1.82, 2.24) is 9.55 Å². The van der Waals surface area contributed by atoms with Gasteiger partial charge in [-0.15, -0.1) is 0 Å². The normalized spacial score (nSPS) is 11.2. The molecule has 1 aromatic carbocycles. The minimum atomic E-state index is 0.580. The van der Waals surface area contributed by atoms with Gasteiger partial charge >= 0.3 is 0 Å². The molecular weight excluding hydrogens is 268 g/mol. The third-order valence-corrected chi connectivity index (χ3v) is 3.48. The van der Waals surface area contributed by atoms with Crippen molar-refractivity contribution in [2.45, 2.75) is 13.5 Å². The number of rotatable bonds is 2. The van der Waals surface area contributed by atoms with Crippen molar-refractivity contribution in [3.05, 3.63) is 51.6 Å². The maximum Gasteiger partial charge on any atom is 0.178 e. The van der Waals surface area contributed by atoms with E-state index in [1.807, 2.05) is 41.8 Å². The van der Waals surface area contributed by atoms with E-state index >= 15 is 0 Å². The SMILES string of the molecule is Cc1ccc(Cn2c(=S)[nH]c3cccc(Cl)c32)o1. The van der Waals surface area contributed by atoms with Crippen molar-refractivity contribution < 1.29 is 4.42 Å². The third kappa shape index (κ3) is 1.87. The molecule has 0 atom stereocenters. The summed E-state index contributed by atoms with van der Waals surface area (Å²) in [4.78, 5) is 3.15. The van der Waals surface area contributed by atoms with E-state index in [0.717, 1.165) is 22.6 Å². The Morgan fingerprint density at radius 2 is 2.17 bits per heavy atom. The zero-order valence-electron chi connectivity index (χ0n) is 9.74. The molecule has 92 valence electrons. The molecule has 0 saturated heterocycles. The van der Waals surface area contributed by atoms with Gasteiger partial charge in [0.1, 0.15) is 11.5 Å². The van der Waals surface area contributed by atoms with Crippen LogP contribution in [0.5, 0.6) is 0 Å². The average Bonchev–Trinajstić information content (AvgIpc) is 2.85. The molecule has 0 fully saturated rings. The molecule has 0 aliphatic rings. The lowest BCUT2D eigenvalue weighted by atomic mass is 10.3. The van der Waals surface area contributed by atoms with E-state index in [2.05, 4.69) is 4.98 Å². The molecule has 0 unspecified atom stereocenters. The molecule has 2 aromatic heterocycles. The summed E-state index contributed by atoms with van der Waals surface area (Å²) < 4.78 is 8.17. The highest BCUT2D eigenvalue weighted by molar-refractivity contribution is 7.71. The van der Waals surface area contributed by atoms with Gasteiger partial charge in [-0.1, -0.05) is 17.7 Å². The Morgan fingerprint density at radius 1 is 1.33 bits per heavy atom. The number of para-hydroxylation sites is 1. The fraction of sp³-hybridized carbons (Fsp3) is 0.154. The maximum atomic E-state index is 6.23. The van der Waals surface area contributed by atoms with Gasteiger partial charge in [0, 0.05) is 0 Å². The lowest BCUT2D eigenvalue weighted by Gasteiger charge is -2.03. The summed E-state index contributed by atoms with van der Waals surface area (Å²) in [6.07, 6.45) is 0. The lowest BCUT2D eigenvalue weighted by molar-refractivity contribution is 0.471. The average molecular weight is 279 g/mol. The quantitative estimate of drug-likeness (QED) is 0.709. The van der Waals surface area contributed by atoms with Crippen LogP contribution >= 0.6 is 23.8 Å². The molecule has 0 spiro atoms. The summed E-state index contributed by atoms with van der Waals surface area (Å²) in [6, 6.07) is 9.61. The Balaban J connectivity index is 2.16. The van der Waals surface area contributed by atoms with Crippen LogP contribution in [0.25, 0.3) is 11.0 Å². The number of fused-ring (bicyclic) bond motifs is 1. The molecule has 3 rings (SSSR count). The predicted molar refractivity (Wildman–Crippen MR) is 74.7 cm³/mol. The van der Waals surface area contributed by atoms with Crippen molar-refractivity contribution in [3.8, 4) is 0 Å². The van der Waals surface area contributed by atoms with Crippen LogP contribution in [0.1, 0.15) is 11.5 Å². The lowest BCUT2D eigenvalue weighted by Crippen LogP contribution is -1.98. The van der Waals surface area contributed by atoms with Gasteiger partial charge in [-0.2, -0.15) is 0 Å². The van der Waals surface area contributed by atoms with Gasteiger partial charge in [-0.25, -0.2) is 0 Å². The van der Waals surface area contributed by atoms with Crippen LogP contribution in [0.4, 0.5) is 0 Å². The first-order chi connectivity index (χ1) is 8.65. The summed E-state index contributed by atoms with van der Waals surface area (Å²) in [6.45, 7) is 2.50. The van der Waals surface area contributed by atoms with Gasteiger partial charge in [-0.3, -0.25) is 0 Å². The van der Waals surface area contributed by atoms with Crippen molar-refractivity contribution in [3.63, 3.8) is 0 Å². The monoisotopic (exact) mass is 278 g/mol. The minimum Gasteiger partial charge on any atom is -0.464 e. The molecule has 0 aliphatic heterocycles. The van der Waals surface area contributed by atoms with E-state index in [9.17, 15) is 0 Å². The largest absolute Gasteiger partial charge is 0.464 e. The summed E-state index contributed by atoms with van der Waals surface area (Å²) in [7, 11) is 0. The van der Waals surface area contributed by atoms with Crippen LogP contribution < -0.4 is 0 Å². The fourth-order valence-corrected chi connectivity index (χ4v) is 2.59. The van der Waals surface area contributed by atoms with Crippen LogP contribution in [0.2, 0.25) is 5.02 Å². The highest BCUT2D eigenvalue weighted by Gasteiger charge is 2.09. The number of hydrogen-bond acceptors (Lipinski definition) is 2. The van der Waals surface area contributed by atoms with Crippen molar-refractivity contribution in [2.75, 3.05) is 0 Å². The molecule has 1 N–H and O–H groups in total. The smallest absolute Gasteiger partial charge is 0.178 e. The Kier molecular flexibility index (Phi) is 2.76. The number of hydrogen-bond donors (Lipinski definition) is 1. The van der Waals surface area contributed by atoms with Crippen molar-refractivity contribution in [1.29, 1.82) is 0 Å². The van der Waals surface area contributed by atoms with E-state index in [0.29, 0.717) is 16.3 Å². The number of nitrogens with zero attached hydrogens (tertiary/aromatic N) is 1. The molecule has 18 heavy (non-hydrogen) atoms. The van der Waals surface area contributed by atoms with E-state index in [4.69, 9.17) is 28.2 Å². The second kappa shape index (κ2) is 4.30. The number of aromatic amines is 1. The first kappa shape index (κ1) is 11.6. The summed E-state index contributed by atoms with van der Waals surface area (Å²) in [5, 5.41) is 0.683. The Morgan fingerprint density at radius 3 is 2.89 bits per heavy atom. The molecule has 5 heteroatoms. The number of aromatic nitrogens is 2. The standard InChI is InChI=1S/C13H11ClN2OS/c1-8-5-6-9(17-8)7-16-12-10(14)3-2-4-11(12)15-13(16)18/h2-6H,7H2,1H3,(H,15,18). The highest BCUT2D eigenvalue weighted by Crippen LogP contribution is 2.24. The van der Waals surface area contributed by atoms with Crippen LogP contribution in [0, 0.1) is 11.7 Å². The van der Waals surface area contributed by atoms with Gasteiger partial charge in [-0.05, 0) is 43.4 Å². The number of imidazole rings is 1. The van der Waals surface area contributed by atoms with Gasteiger partial charge in [0.15, 0.2) is 4.77 Å². The van der Waals surface area contributed by atoms with Gasteiger partial charge in [0.2, 0.25) is 0 Å². The van der Waals surface area contributed by atoms with E-state index in [-0.39, 0.29) is 0 Å². The fourth-order valence-electron chi connectivity index (χ4n) is 2.05. The van der Waals surface area contributed by atoms with Gasteiger partial charge in [0.05, 0.1) is 22.6 Å². The van der Waals surface area contributed by atoms with Crippen molar-refractivity contribution in [2.24, 2.45) is 0 Å². The summed E-state index contributed by atoms with van der Waals surface area (Å²) >= 11 is 11.6. The first-order valence-electron chi connectivity index (χ1n) is 5.57. The molecule has 0 saturated carbocycles. The Hall–Kier alpha value is -1.52. The van der Waals surface area contributed by atoms with Crippen LogP contribution in [0.3, 0.4) is 0 Å². The number of furan rings is 1. The second-order valence-corrected chi connectivity index (χ2v) is 4.96. The number of aryl methyl sites for hydroxylation is 1. The molecule has 2 heterocycles. The molecule has 0 radical (unpaired) electrons. The van der Waals surface area contributed by atoms with Crippen LogP contribution in [0.15, 0.2) is 34.7 Å². The zero-order valence-corrected chi connectivity index (χ0v) is 11.3. The first-order valence-corrected chi connectivity index (χ1v) is 6.36. The molecule has 3 nitrogen and oxygen atoms in total. The molecule has 0 aliphatic carbocycles. The van der Waals surface area contributed by atoms with E-state index in [1.54, 1.807) is 0 Å². The third-order valence-electron chi connectivity index (χ3n) is 2.85. The van der Waals surface area contributed by atoms with Gasteiger partial charge < -0.3 is 14.0 Å². The zero-order chi connectivity index (χ0) is 12.7. The maximum absolute atomic E-state index is 6.23. The number of nitrogens with one attached hydrogen (secondary N) is 1. The number of halogens is 1. The minimum absolute atomic E-state index is 0.580. The summed E-state index contributed by atoms with van der Waals surface area (Å²) in [5.41, 5.74) is 1.86. The topological polar surface area (TPSA) is 33.9 Å². The number of H-pyrrole nitrogens is 1. The Bertz CT molecular complexity index is 769. The van der Waals surface area contributed by atoms with Crippen molar-refractivity contribution >= 4 is 34.9 Å². The summed E-state index contributed by atoms with van der Waals surface area (Å²) in [5.74, 6) is 1.76. The molecular formula is C13H11ClN2OS. The second-order valence-electron chi connectivity index (χ2n) is 4.16. The van der Waals surface area contributed by atoms with Gasteiger partial charge in [0.25, 0.3) is 0 Å². The van der Waals surface area contributed by atoms with E-state index in [1.165, 1.54) is 0 Å². The van der Waals surface area contributed by atoms with E-state index < -0.39 is 0 Å². The predicted octanol–water partition coefficient (Wildman–Crippen LogP) is 4.30. The molecule has 0 bridgehead atoms. The number of benzene rings is 1.